The van der Waals surface area contributed by atoms with E-state index in [1.54, 1.807) is 63.0 Å². The minimum Gasteiger partial charge on any atom is -0.545 e. The van der Waals surface area contributed by atoms with Gasteiger partial charge in [0.1, 0.15) is 6.61 Å². The number of ether oxygens (including phenoxy) is 3. The first kappa shape index (κ1) is 19.9. The molecule has 3 aromatic rings. The Morgan fingerprint density at radius 3 is 2.62 bits per heavy atom. The number of rotatable bonds is 8. The van der Waals surface area contributed by atoms with Gasteiger partial charge in [0.2, 0.25) is 5.88 Å². The zero-order valence-corrected chi connectivity index (χ0v) is 16.0. The van der Waals surface area contributed by atoms with Crippen molar-refractivity contribution >= 4 is 17.9 Å². The smallest absolute Gasteiger partial charge is 0.213 e. The molecule has 2 aromatic carbocycles. The lowest BCUT2D eigenvalue weighted by Crippen LogP contribution is -2.22. The molecule has 0 radical (unpaired) electrons. The van der Waals surface area contributed by atoms with E-state index in [9.17, 15) is 9.90 Å². The number of aliphatic imine (C=N–C) groups is 1. The molecular formula is C22H19N2O5-. The van der Waals surface area contributed by atoms with Crippen LogP contribution >= 0.6 is 0 Å². The van der Waals surface area contributed by atoms with Gasteiger partial charge < -0.3 is 24.1 Å². The molecule has 0 unspecified atom stereocenters. The number of carboxylic acid groups (broad SMARTS) is 1. The fourth-order valence-electron chi connectivity index (χ4n) is 2.55. The lowest BCUT2D eigenvalue weighted by molar-refractivity contribution is -0.255. The molecule has 7 nitrogen and oxygen atoms in total. The molecule has 0 aliphatic rings. The van der Waals surface area contributed by atoms with Crippen LogP contribution in [-0.4, -0.2) is 31.4 Å². The molecule has 0 saturated heterocycles. The van der Waals surface area contributed by atoms with Crippen LogP contribution in [-0.2, 0) is 6.61 Å². The maximum atomic E-state index is 11.0. The van der Waals surface area contributed by atoms with Crippen LogP contribution in [0.1, 0.15) is 21.5 Å². The third-order valence-electron chi connectivity index (χ3n) is 4.04. The van der Waals surface area contributed by atoms with Crippen molar-refractivity contribution in [2.24, 2.45) is 4.99 Å². The number of aromatic nitrogens is 1. The van der Waals surface area contributed by atoms with Crippen molar-refractivity contribution in [1.29, 1.82) is 0 Å². The molecule has 7 heteroatoms. The summed E-state index contributed by atoms with van der Waals surface area (Å²) in [6, 6.07) is 15.4. The lowest BCUT2D eigenvalue weighted by Gasteiger charge is -2.12. The highest BCUT2D eigenvalue weighted by atomic mass is 16.5. The van der Waals surface area contributed by atoms with Crippen LogP contribution in [0.15, 0.2) is 65.8 Å². The van der Waals surface area contributed by atoms with Gasteiger partial charge in [0.25, 0.3) is 0 Å². The van der Waals surface area contributed by atoms with Crippen molar-refractivity contribution in [2.75, 3.05) is 14.2 Å². The standard InChI is InChI=1S/C22H20N2O5/c1-27-20-11-15(12-23-18-7-9-21(28-2)24-13-18)6-8-19(20)29-14-16-4-3-5-17(10-16)22(25)26/h3-13H,14H2,1-2H3,(H,25,26)/p-1. The quantitative estimate of drug-likeness (QED) is 0.548. The minimum atomic E-state index is -1.22. The van der Waals surface area contributed by atoms with Crippen molar-refractivity contribution < 1.29 is 24.1 Å². The predicted octanol–water partition coefficient (Wildman–Crippen LogP) is 2.79. The summed E-state index contributed by atoms with van der Waals surface area (Å²) in [5.41, 5.74) is 2.34. The monoisotopic (exact) mass is 391 g/mol. The SMILES string of the molecule is COc1ccc(N=Cc2ccc(OCc3cccc(C(=O)[O-])c3)c(OC)c2)cn1. The van der Waals surface area contributed by atoms with Crippen LogP contribution in [0.2, 0.25) is 0 Å². The van der Waals surface area contributed by atoms with E-state index in [0.29, 0.717) is 28.6 Å². The second-order valence-electron chi connectivity index (χ2n) is 6.00. The van der Waals surface area contributed by atoms with Crippen molar-refractivity contribution in [3.63, 3.8) is 0 Å². The van der Waals surface area contributed by atoms with E-state index >= 15 is 0 Å². The molecule has 0 bridgehead atoms. The number of methoxy groups -OCH3 is 2. The van der Waals surface area contributed by atoms with Gasteiger partial charge in [-0.25, -0.2) is 4.98 Å². The van der Waals surface area contributed by atoms with Gasteiger partial charge in [0, 0.05) is 12.3 Å². The third kappa shape index (κ3) is 5.32. The van der Waals surface area contributed by atoms with Crippen LogP contribution < -0.4 is 19.3 Å². The van der Waals surface area contributed by atoms with Gasteiger partial charge in [-0.05, 0) is 47.0 Å². The summed E-state index contributed by atoms with van der Waals surface area (Å²) in [6.07, 6.45) is 3.31. The van der Waals surface area contributed by atoms with E-state index in [0.717, 1.165) is 5.56 Å². The Morgan fingerprint density at radius 1 is 1.07 bits per heavy atom. The molecular weight excluding hydrogens is 372 g/mol. The summed E-state index contributed by atoms with van der Waals surface area (Å²) in [5, 5.41) is 11.0. The number of nitrogens with zero attached hydrogens (tertiary/aromatic N) is 2. The summed E-state index contributed by atoms with van der Waals surface area (Å²) in [7, 11) is 3.11. The molecule has 0 amide bonds. The molecule has 0 N–H and O–H groups in total. The first-order valence-corrected chi connectivity index (χ1v) is 8.74. The average Bonchev–Trinajstić information content (AvgIpc) is 2.77. The number of carboxylic acids is 1. The highest BCUT2D eigenvalue weighted by molar-refractivity contribution is 5.86. The number of hydrogen-bond donors (Lipinski definition) is 0. The first-order chi connectivity index (χ1) is 14.1. The second kappa shape index (κ2) is 9.36. The zero-order valence-electron chi connectivity index (χ0n) is 16.0. The molecule has 3 rings (SSSR count). The van der Waals surface area contributed by atoms with Crippen LogP contribution in [0.25, 0.3) is 0 Å². The van der Waals surface area contributed by atoms with E-state index in [1.807, 2.05) is 6.07 Å². The number of aromatic carboxylic acids is 1. The van der Waals surface area contributed by atoms with Gasteiger partial charge in [-0.1, -0.05) is 18.2 Å². The van der Waals surface area contributed by atoms with E-state index in [2.05, 4.69) is 9.98 Å². The van der Waals surface area contributed by atoms with E-state index in [-0.39, 0.29) is 12.2 Å². The van der Waals surface area contributed by atoms with Gasteiger partial charge in [-0.15, -0.1) is 0 Å². The van der Waals surface area contributed by atoms with Crippen LogP contribution in [0.5, 0.6) is 17.4 Å². The van der Waals surface area contributed by atoms with E-state index in [4.69, 9.17) is 14.2 Å². The number of hydrogen-bond acceptors (Lipinski definition) is 7. The number of carbonyl (C=O) groups excluding carboxylic acids is 1. The summed E-state index contributed by atoms with van der Waals surface area (Å²) in [4.78, 5) is 19.4. The summed E-state index contributed by atoms with van der Waals surface area (Å²) in [6.45, 7) is 0.197. The molecule has 1 heterocycles. The highest BCUT2D eigenvalue weighted by Crippen LogP contribution is 2.28. The maximum Gasteiger partial charge on any atom is 0.213 e. The molecule has 29 heavy (non-hydrogen) atoms. The minimum absolute atomic E-state index is 0.109. The largest absolute Gasteiger partial charge is 0.545 e. The summed E-state index contributed by atoms with van der Waals surface area (Å²) in [5.74, 6) is 0.380. The Bertz CT molecular complexity index is 1020. The fraction of sp³-hybridized carbons (Fsp3) is 0.136. The van der Waals surface area contributed by atoms with Crippen LogP contribution in [0.3, 0.4) is 0 Å². The topological polar surface area (TPSA) is 93.1 Å². The zero-order chi connectivity index (χ0) is 20.6. The van der Waals surface area contributed by atoms with E-state index in [1.165, 1.54) is 12.1 Å². The van der Waals surface area contributed by atoms with Gasteiger partial charge in [-0.2, -0.15) is 0 Å². The molecule has 1 aromatic heterocycles. The Kier molecular flexibility index (Phi) is 6.42. The third-order valence-corrected chi connectivity index (χ3v) is 4.04. The van der Waals surface area contributed by atoms with Gasteiger partial charge >= 0.3 is 0 Å². The van der Waals surface area contributed by atoms with Crippen molar-refractivity contribution in [1.82, 2.24) is 4.98 Å². The lowest BCUT2D eigenvalue weighted by atomic mass is 10.1. The number of carbonyl (C=O) groups is 1. The molecule has 0 fully saturated rings. The predicted molar refractivity (Wildman–Crippen MR) is 106 cm³/mol. The molecule has 0 saturated carbocycles. The Morgan fingerprint density at radius 2 is 1.93 bits per heavy atom. The van der Waals surface area contributed by atoms with Crippen molar-refractivity contribution in [3.05, 3.63) is 77.5 Å². The molecule has 0 spiro atoms. The molecule has 148 valence electrons. The first-order valence-electron chi connectivity index (χ1n) is 8.74. The molecule has 0 atom stereocenters. The number of pyridine rings is 1. The van der Waals surface area contributed by atoms with Crippen LogP contribution in [0.4, 0.5) is 5.69 Å². The average molecular weight is 391 g/mol. The maximum absolute atomic E-state index is 11.0. The molecule has 0 aliphatic carbocycles. The normalized spacial score (nSPS) is 10.7. The Labute approximate surface area is 168 Å². The van der Waals surface area contributed by atoms with Gasteiger partial charge in [0.05, 0.1) is 32.1 Å². The van der Waals surface area contributed by atoms with Crippen LogP contribution in [0, 0.1) is 0 Å². The van der Waals surface area contributed by atoms with Crippen molar-refractivity contribution in [2.45, 2.75) is 6.61 Å². The number of benzene rings is 2. The van der Waals surface area contributed by atoms with Gasteiger partial charge in [0.15, 0.2) is 11.5 Å². The Hall–Kier alpha value is -3.87. The fourth-order valence-corrected chi connectivity index (χ4v) is 2.55. The van der Waals surface area contributed by atoms with E-state index < -0.39 is 5.97 Å². The summed E-state index contributed by atoms with van der Waals surface area (Å²) >= 11 is 0. The highest BCUT2D eigenvalue weighted by Gasteiger charge is 2.06. The van der Waals surface area contributed by atoms with Gasteiger partial charge in [-0.3, -0.25) is 4.99 Å². The summed E-state index contributed by atoms with van der Waals surface area (Å²) < 4.78 is 16.2. The molecule has 0 aliphatic heterocycles. The van der Waals surface area contributed by atoms with Crippen molar-refractivity contribution in [3.8, 4) is 17.4 Å². The Balaban J connectivity index is 1.70. The second-order valence-corrected chi connectivity index (χ2v) is 6.00.